The lowest BCUT2D eigenvalue weighted by Gasteiger charge is -2.32. The van der Waals surface area contributed by atoms with Gasteiger partial charge in [-0.05, 0) is 49.4 Å². The molecule has 3 aromatic rings. The number of fused-ring (bicyclic) bond motifs is 1. The summed E-state index contributed by atoms with van der Waals surface area (Å²) < 4.78 is 11.7. The Kier molecular flexibility index (Phi) is 6.93. The van der Waals surface area contributed by atoms with Gasteiger partial charge in [-0.2, -0.15) is 5.26 Å². The van der Waals surface area contributed by atoms with E-state index in [4.69, 9.17) is 14.5 Å². The van der Waals surface area contributed by atoms with E-state index in [0.717, 1.165) is 35.5 Å². The molecule has 0 aliphatic carbocycles. The van der Waals surface area contributed by atoms with Crippen molar-refractivity contribution in [3.05, 3.63) is 53.3 Å². The van der Waals surface area contributed by atoms with Crippen molar-refractivity contribution in [2.75, 3.05) is 57.2 Å². The third-order valence-electron chi connectivity index (χ3n) is 7.03. The standard InChI is InChI=1S/C27H31N7O3/c1-17-8-23(25(30-12-17)37-14-20-13-36-7-6-34(20)3)33-26-29-5-4-22(32-26)18-9-19(11-28)24-21(10-18)27(2,16-35)15-31-24/h4-5,8-10,12,20,31,35H,6-7,13-16H2,1-3H3,(H,29,32,33)/t20?,27-/m1/s1. The Morgan fingerprint density at radius 3 is 3.00 bits per heavy atom. The fraction of sp³-hybridized carbons (Fsp3) is 0.407. The Labute approximate surface area is 216 Å². The lowest BCUT2D eigenvalue weighted by Crippen LogP contribution is -2.46. The molecule has 2 aliphatic rings. The van der Waals surface area contributed by atoms with Crippen LogP contribution >= 0.6 is 0 Å². The molecule has 0 radical (unpaired) electrons. The number of anilines is 3. The summed E-state index contributed by atoms with van der Waals surface area (Å²) in [5, 5.41) is 26.3. The van der Waals surface area contributed by atoms with Gasteiger partial charge in [-0.1, -0.05) is 6.92 Å². The van der Waals surface area contributed by atoms with E-state index in [2.05, 4.69) is 38.6 Å². The first-order valence-electron chi connectivity index (χ1n) is 12.3. The Morgan fingerprint density at radius 1 is 1.35 bits per heavy atom. The van der Waals surface area contributed by atoms with Gasteiger partial charge in [0.25, 0.3) is 0 Å². The van der Waals surface area contributed by atoms with Crippen molar-refractivity contribution < 1.29 is 14.6 Å². The van der Waals surface area contributed by atoms with Crippen LogP contribution in [0, 0.1) is 18.3 Å². The summed E-state index contributed by atoms with van der Waals surface area (Å²) in [6, 6.07) is 9.97. The Bertz CT molecular complexity index is 1340. The summed E-state index contributed by atoms with van der Waals surface area (Å²) in [4.78, 5) is 15.8. The van der Waals surface area contributed by atoms with Gasteiger partial charge in [0.1, 0.15) is 18.4 Å². The van der Waals surface area contributed by atoms with Gasteiger partial charge in [-0.25, -0.2) is 15.0 Å². The highest BCUT2D eigenvalue weighted by molar-refractivity contribution is 5.76. The largest absolute Gasteiger partial charge is 0.474 e. The third-order valence-corrected chi connectivity index (χ3v) is 7.03. The molecule has 1 saturated heterocycles. The topological polar surface area (TPSA) is 128 Å². The first-order valence-corrected chi connectivity index (χ1v) is 12.3. The van der Waals surface area contributed by atoms with Crippen molar-refractivity contribution in [2.24, 2.45) is 0 Å². The van der Waals surface area contributed by atoms with Crippen LogP contribution in [0.1, 0.15) is 23.6 Å². The molecule has 2 aliphatic heterocycles. The second-order valence-electron chi connectivity index (χ2n) is 9.91. The summed E-state index contributed by atoms with van der Waals surface area (Å²) in [5.74, 6) is 0.850. The number of aliphatic hydroxyl groups excluding tert-OH is 1. The quantitative estimate of drug-likeness (QED) is 0.444. The number of nitrogens with one attached hydrogen (secondary N) is 2. The monoisotopic (exact) mass is 501 g/mol. The summed E-state index contributed by atoms with van der Waals surface area (Å²) >= 11 is 0. The van der Waals surface area contributed by atoms with E-state index < -0.39 is 5.41 Å². The number of likely N-dealkylation sites (N-methyl/N-ethyl adjacent to an activating group) is 1. The molecule has 1 fully saturated rings. The molecule has 10 nitrogen and oxygen atoms in total. The minimum Gasteiger partial charge on any atom is -0.474 e. The summed E-state index contributed by atoms with van der Waals surface area (Å²) in [6.07, 6.45) is 3.44. The van der Waals surface area contributed by atoms with Crippen molar-refractivity contribution >= 4 is 17.3 Å². The number of morpholine rings is 1. The molecule has 5 rings (SSSR count). The number of aryl methyl sites for hydroxylation is 1. The highest BCUT2D eigenvalue weighted by Crippen LogP contribution is 2.41. The molecule has 3 N–H and O–H groups in total. The molecule has 0 spiro atoms. The van der Waals surface area contributed by atoms with Crippen LogP contribution in [0.4, 0.5) is 17.3 Å². The number of pyridine rings is 1. The first kappa shape index (κ1) is 24.9. The zero-order valence-electron chi connectivity index (χ0n) is 21.3. The van der Waals surface area contributed by atoms with Gasteiger partial charge in [0, 0.05) is 36.5 Å². The fourth-order valence-corrected chi connectivity index (χ4v) is 4.61. The average molecular weight is 502 g/mol. The van der Waals surface area contributed by atoms with Crippen molar-refractivity contribution in [2.45, 2.75) is 25.3 Å². The van der Waals surface area contributed by atoms with E-state index in [-0.39, 0.29) is 12.6 Å². The Balaban J connectivity index is 1.41. The van der Waals surface area contributed by atoms with Gasteiger partial charge >= 0.3 is 0 Å². The molecule has 2 aromatic heterocycles. The van der Waals surface area contributed by atoms with Gasteiger partial charge < -0.3 is 25.2 Å². The molecule has 2 atom stereocenters. The van der Waals surface area contributed by atoms with E-state index >= 15 is 0 Å². The van der Waals surface area contributed by atoms with Gasteiger partial charge in [-0.3, -0.25) is 4.90 Å². The van der Waals surface area contributed by atoms with Crippen LogP contribution < -0.4 is 15.4 Å². The van der Waals surface area contributed by atoms with Crippen LogP contribution in [0.15, 0.2) is 36.7 Å². The van der Waals surface area contributed by atoms with E-state index in [9.17, 15) is 10.4 Å². The molecular weight excluding hydrogens is 470 g/mol. The maximum absolute atomic E-state index is 10.0. The van der Waals surface area contributed by atoms with Crippen LogP contribution in [0.3, 0.4) is 0 Å². The number of benzene rings is 1. The van der Waals surface area contributed by atoms with Crippen molar-refractivity contribution in [3.63, 3.8) is 0 Å². The lowest BCUT2D eigenvalue weighted by atomic mass is 9.83. The minimum atomic E-state index is -0.470. The number of nitriles is 1. The zero-order chi connectivity index (χ0) is 26.0. The van der Waals surface area contributed by atoms with Crippen molar-refractivity contribution in [1.82, 2.24) is 19.9 Å². The zero-order valence-corrected chi connectivity index (χ0v) is 21.3. The number of nitrogens with zero attached hydrogens (tertiary/aromatic N) is 5. The smallest absolute Gasteiger partial charge is 0.237 e. The van der Waals surface area contributed by atoms with Gasteiger partial charge in [-0.15, -0.1) is 0 Å². The number of aromatic nitrogens is 3. The van der Waals surface area contributed by atoms with E-state index in [1.54, 1.807) is 18.5 Å². The number of aliphatic hydroxyl groups is 1. The second kappa shape index (κ2) is 10.3. The number of ether oxygens (including phenoxy) is 2. The maximum atomic E-state index is 10.0. The van der Waals surface area contributed by atoms with Gasteiger partial charge in [0.2, 0.25) is 11.8 Å². The molecule has 1 unspecified atom stereocenters. The van der Waals surface area contributed by atoms with Crippen molar-refractivity contribution in [3.8, 4) is 23.2 Å². The number of rotatable bonds is 7. The molecule has 192 valence electrons. The van der Waals surface area contributed by atoms with Gasteiger partial charge in [0.05, 0.1) is 42.8 Å². The maximum Gasteiger partial charge on any atom is 0.237 e. The Morgan fingerprint density at radius 2 is 2.22 bits per heavy atom. The summed E-state index contributed by atoms with van der Waals surface area (Å²) in [7, 11) is 2.06. The SMILES string of the molecule is Cc1cnc(OCC2COCCN2C)c(Nc2nccc(-c3cc(C#N)c4c(c3)[C@@](C)(CO)CN4)n2)c1. The van der Waals surface area contributed by atoms with E-state index in [1.165, 1.54) is 0 Å². The number of hydrogen-bond donors (Lipinski definition) is 3. The van der Waals surface area contributed by atoms with Crippen LogP contribution in [-0.2, 0) is 10.2 Å². The lowest BCUT2D eigenvalue weighted by molar-refractivity contribution is -0.0112. The number of hydrogen-bond acceptors (Lipinski definition) is 10. The predicted molar refractivity (Wildman–Crippen MR) is 140 cm³/mol. The molecule has 0 saturated carbocycles. The molecule has 0 bridgehead atoms. The molecule has 0 amide bonds. The van der Waals surface area contributed by atoms with Crippen LogP contribution in [0.2, 0.25) is 0 Å². The summed E-state index contributed by atoms with van der Waals surface area (Å²) in [6.45, 7) is 7.15. The average Bonchev–Trinajstić information content (AvgIpc) is 3.26. The van der Waals surface area contributed by atoms with Gasteiger partial charge in [0.15, 0.2) is 0 Å². The highest BCUT2D eigenvalue weighted by atomic mass is 16.5. The molecule has 1 aromatic carbocycles. The van der Waals surface area contributed by atoms with E-state index in [0.29, 0.717) is 48.5 Å². The molecular formula is C27H31N7O3. The van der Waals surface area contributed by atoms with E-state index in [1.807, 2.05) is 32.0 Å². The highest BCUT2D eigenvalue weighted by Gasteiger charge is 2.36. The van der Waals surface area contributed by atoms with Crippen LogP contribution in [0.25, 0.3) is 11.3 Å². The van der Waals surface area contributed by atoms with Crippen molar-refractivity contribution in [1.29, 1.82) is 5.26 Å². The fourth-order valence-electron chi connectivity index (χ4n) is 4.61. The first-order chi connectivity index (χ1) is 17.9. The third kappa shape index (κ3) is 5.06. The predicted octanol–water partition coefficient (Wildman–Crippen LogP) is 2.85. The molecule has 4 heterocycles. The molecule has 10 heteroatoms. The second-order valence-corrected chi connectivity index (χ2v) is 9.91. The normalized spacial score (nSPS) is 21.1. The molecule has 37 heavy (non-hydrogen) atoms. The van der Waals surface area contributed by atoms with Crippen LogP contribution in [-0.4, -0.2) is 77.6 Å². The summed E-state index contributed by atoms with van der Waals surface area (Å²) in [5.41, 5.74) is 4.81. The minimum absolute atomic E-state index is 0.0240. The Hall–Kier alpha value is -3.78. The van der Waals surface area contributed by atoms with Crippen LogP contribution in [0.5, 0.6) is 5.88 Å².